The fourth-order valence-electron chi connectivity index (χ4n) is 3.63. The molecule has 3 heterocycles. The lowest BCUT2D eigenvalue weighted by molar-refractivity contribution is -0.114. The molecular formula is C22H22N4O3S. The summed E-state index contributed by atoms with van der Waals surface area (Å²) in [5, 5.41) is 9.04. The third-order valence-electron chi connectivity index (χ3n) is 5.09. The predicted octanol–water partition coefficient (Wildman–Crippen LogP) is 4.28. The summed E-state index contributed by atoms with van der Waals surface area (Å²) in [6.45, 7) is 5.90. The van der Waals surface area contributed by atoms with Crippen LogP contribution in [0.2, 0.25) is 0 Å². The molecule has 1 amide bonds. The van der Waals surface area contributed by atoms with Gasteiger partial charge in [-0.25, -0.2) is 0 Å². The van der Waals surface area contributed by atoms with Crippen molar-refractivity contribution in [1.29, 1.82) is 5.41 Å². The number of aromatic nitrogens is 1. The van der Waals surface area contributed by atoms with Gasteiger partial charge in [-0.05, 0) is 50.6 Å². The Labute approximate surface area is 179 Å². The number of carbonyl (C=O) groups excluding carboxylic acids is 1. The van der Waals surface area contributed by atoms with Crippen molar-refractivity contribution in [2.75, 3.05) is 14.2 Å². The number of hydrogen-bond donors (Lipinski definition) is 1. The Hall–Kier alpha value is -3.26. The summed E-state index contributed by atoms with van der Waals surface area (Å²) in [7, 11) is 3.24. The van der Waals surface area contributed by atoms with Crippen molar-refractivity contribution in [2.45, 2.75) is 20.8 Å². The van der Waals surface area contributed by atoms with E-state index in [4.69, 9.17) is 14.9 Å². The second kappa shape index (κ2) is 7.53. The Bertz CT molecular complexity index is 1170. The molecule has 1 N–H and O–H groups in total. The van der Waals surface area contributed by atoms with Crippen LogP contribution in [-0.4, -0.2) is 40.6 Å². The fraction of sp³-hybridized carbons (Fsp3) is 0.227. The lowest BCUT2D eigenvalue weighted by atomic mass is 10.1. The van der Waals surface area contributed by atoms with Crippen molar-refractivity contribution in [3.05, 3.63) is 57.9 Å². The molecule has 0 saturated heterocycles. The van der Waals surface area contributed by atoms with Crippen LogP contribution >= 0.6 is 11.8 Å². The molecule has 0 radical (unpaired) electrons. The highest BCUT2D eigenvalue weighted by Crippen LogP contribution is 2.34. The average Bonchev–Trinajstić information content (AvgIpc) is 3.23. The molecule has 0 spiro atoms. The number of thioether (sulfide) groups is 1. The number of amidine groups is 2. The van der Waals surface area contributed by atoms with Gasteiger partial charge in [0.15, 0.2) is 5.17 Å². The van der Waals surface area contributed by atoms with E-state index in [-0.39, 0.29) is 11.4 Å². The van der Waals surface area contributed by atoms with Crippen LogP contribution in [0.1, 0.15) is 23.9 Å². The van der Waals surface area contributed by atoms with Crippen molar-refractivity contribution in [3.63, 3.8) is 0 Å². The maximum Gasteiger partial charge on any atom is 0.283 e. The Balaban J connectivity index is 1.79. The van der Waals surface area contributed by atoms with Crippen LogP contribution < -0.4 is 9.47 Å². The van der Waals surface area contributed by atoms with E-state index in [2.05, 4.69) is 9.56 Å². The maximum atomic E-state index is 12.6. The second-order valence-corrected chi connectivity index (χ2v) is 8.23. The van der Waals surface area contributed by atoms with E-state index in [0.717, 1.165) is 27.5 Å². The SMILES string of the molecule is COc1ccc(-n2c(C)cc(/C=C3/C(=N)N4C=C(C)SC4=NC3=O)c2C)c(OC)c1. The van der Waals surface area contributed by atoms with E-state index >= 15 is 0 Å². The van der Waals surface area contributed by atoms with Crippen molar-refractivity contribution < 1.29 is 14.3 Å². The summed E-state index contributed by atoms with van der Waals surface area (Å²) < 4.78 is 12.9. The Morgan fingerprint density at radius 3 is 2.60 bits per heavy atom. The van der Waals surface area contributed by atoms with E-state index in [9.17, 15) is 4.79 Å². The zero-order valence-electron chi connectivity index (χ0n) is 17.4. The minimum Gasteiger partial charge on any atom is -0.497 e. The number of rotatable bonds is 4. The van der Waals surface area contributed by atoms with Crippen molar-refractivity contribution in [3.8, 4) is 17.2 Å². The summed E-state index contributed by atoms with van der Waals surface area (Å²) in [5.41, 5.74) is 3.91. The lowest BCUT2D eigenvalue weighted by Crippen LogP contribution is -2.35. The van der Waals surface area contributed by atoms with Gasteiger partial charge in [0.05, 0.1) is 25.5 Å². The van der Waals surface area contributed by atoms with Crippen molar-refractivity contribution in [2.24, 2.45) is 4.99 Å². The average molecular weight is 423 g/mol. The topological polar surface area (TPSA) is 79.9 Å². The molecule has 2 aromatic rings. The number of nitrogens with zero attached hydrogens (tertiary/aromatic N) is 3. The van der Waals surface area contributed by atoms with Gasteiger partial charge in [-0.3, -0.25) is 15.1 Å². The number of methoxy groups -OCH3 is 2. The number of fused-ring (bicyclic) bond motifs is 1. The Kier molecular flexibility index (Phi) is 5.03. The monoisotopic (exact) mass is 422 g/mol. The van der Waals surface area contributed by atoms with Crippen LogP contribution in [-0.2, 0) is 4.79 Å². The van der Waals surface area contributed by atoms with Gasteiger partial charge in [0, 0.05) is 28.6 Å². The number of aryl methyl sites for hydroxylation is 1. The molecule has 7 nitrogen and oxygen atoms in total. The number of benzene rings is 1. The predicted molar refractivity (Wildman–Crippen MR) is 120 cm³/mol. The third kappa shape index (κ3) is 3.23. The van der Waals surface area contributed by atoms with Crippen LogP contribution in [0.5, 0.6) is 11.5 Å². The number of hydrogen-bond acceptors (Lipinski definition) is 5. The normalized spacial score (nSPS) is 17.2. The Morgan fingerprint density at radius 1 is 1.13 bits per heavy atom. The number of aliphatic imine (C=N–C) groups is 1. The number of amides is 1. The number of ether oxygens (including phenoxy) is 2. The molecule has 0 aliphatic carbocycles. The first kappa shape index (κ1) is 20.0. The highest BCUT2D eigenvalue weighted by atomic mass is 32.2. The minimum absolute atomic E-state index is 0.140. The van der Waals surface area contributed by atoms with Crippen molar-refractivity contribution >= 4 is 34.7 Å². The summed E-state index contributed by atoms with van der Waals surface area (Å²) in [6.07, 6.45) is 3.57. The molecule has 0 unspecified atom stereocenters. The van der Waals surface area contributed by atoms with Crippen LogP contribution in [0.15, 0.2) is 45.9 Å². The van der Waals surface area contributed by atoms with E-state index < -0.39 is 5.91 Å². The number of carbonyl (C=O) groups is 1. The van der Waals surface area contributed by atoms with E-state index in [0.29, 0.717) is 16.7 Å². The largest absolute Gasteiger partial charge is 0.497 e. The van der Waals surface area contributed by atoms with Gasteiger partial charge in [0.25, 0.3) is 5.91 Å². The van der Waals surface area contributed by atoms with Gasteiger partial charge in [-0.15, -0.1) is 0 Å². The third-order valence-corrected chi connectivity index (χ3v) is 5.99. The molecule has 0 atom stereocenters. The quantitative estimate of drug-likeness (QED) is 0.744. The highest BCUT2D eigenvalue weighted by molar-refractivity contribution is 8.17. The molecule has 2 aliphatic rings. The Morgan fingerprint density at radius 2 is 1.90 bits per heavy atom. The second-order valence-electron chi connectivity index (χ2n) is 7.02. The van der Waals surface area contributed by atoms with Crippen LogP contribution in [0.4, 0.5) is 0 Å². The van der Waals surface area contributed by atoms with Crippen LogP contribution in [0.25, 0.3) is 11.8 Å². The molecule has 2 aliphatic heterocycles. The van der Waals surface area contributed by atoms with Gasteiger partial charge in [-0.2, -0.15) is 4.99 Å². The van der Waals surface area contributed by atoms with Gasteiger partial charge in [0.2, 0.25) is 0 Å². The van der Waals surface area contributed by atoms with Crippen molar-refractivity contribution in [1.82, 2.24) is 9.47 Å². The summed E-state index contributed by atoms with van der Waals surface area (Å²) in [4.78, 5) is 19.4. The molecular weight excluding hydrogens is 400 g/mol. The molecule has 8 heteroatoms. The van der Waals surface area contributed by atoms with Gasteiger partial charge >= 0.3 is 0 Å². The first-order chi connectivity index (χ1) is 14.3. The molecule has 1 aromatic heterocycles. The molecule has 1 aromatic carbocycles. The van der Waals surface area contributed by atoms with Crippen LogP contribution in [0.3, 0.4) is 0 Å². The standard InChI is InChI=1S/C22H22N4O3S/c1-12-8-15(9-17-20(23)25-11-13(2)30-22(25)24-21(17)27)14(3)26(12)18-7-6-16(28-4)10-19(18)29-5/h6-11,23H,1-5H3/b17-9-,23-20?. The summed E-state index contributed by atoms with van der Waals surface area (Å²) in [5.74, 6) is 1.14. The fourth-order valence-corrected chi connectivity index (χ4v) is 4.45. The minimum atomic E-state index is -0.395. The smallest absolute Gasteiger partial charge is 0.283 e. The summed E-state index contributed by atoms with van der Waals surface area (Å²) >= 11 is 1.40. The van der Waals surface area contributed by atoms with Gasteiger partial charge < -0.3 is 14.0 Å². The maximum absolute atomic E-state index is 12.6. The van der Waals surface area contributed by atoms with Crippen LogP contribution in [0, 0.1) is 19.3 Å². The molecule has 0 fully saturated rings. The molecule has 0 saturated carbocycles. The van der Waals surface area contributed by atoms with Gasteiger partial charge in [-0.1, -0.05) is 11.8 Å². The van der Waals surface area contributed by atoms with E-state index in [1.165, 1.54) is 11.8 Å². The molecule has 154 valence electrons. The molecule has 30 heavy (non-hydrogen) atoms. The zero-order chi connectivity index (χ0) is 21.6. The number of allylic oxidation sites excluding steroid dienone is 1. The van der Waals surface area contributed by atoms with Gasteiger partial charge in [0.1, 0.15) is 17.3 Å². The molecule has 4 rings (SSSR count). The first-order valence-electron chi connectivity index (χ1n) is 9.34. The molecule has 0 bridgehead atoms. The van der Waals surface area contributed by atoms with E-state index in [1.807, 2.05) is 51.2 Å². The summed E-state index contributed by atoms with van der Waals surface area (Å²) in [6, 6.07) is 7.65. The highest BCUT2D eigenvalue weighted by Gasteiger charge is 2.33. The number of nitrogens with one attached hydrogen (secondary N) is 1. The van der Waals surface area contributed by atoms with E-state index in [1.54, 1.807) is 25.2 Å². The lowest BCUT2D eigenvalue weighted by Gasteiger charge is -2.22. The first-order valence-corrected chi connectivity index (χ1v) is 10.2. The zero-order valence-corrected chi connectivity index (χ0v) is 18.3.